The molecule has 1 N–H and O–H groups in total. The number of amides is 1. The van der Waals surface area contributed by atoms with Crippen LogP contribution in [0.1, 0.15) is 19.4 Å². The molecule has 0 atom stereocenters. The molecule has 0 aliphatic heterocycles. The van der Waals surface area contributed by atoms with Crippen molar-refractivity contribution in [3.63, 3.8) is 0 Å². The number of carbonyl (C=O) groups is 1. The summed E-state index contributed by atoms with van der Waals surface area (Å²) in [7, 11) is 0. The predicted octanol–water partition coefficient (Wildman–Crippen LogP) is 2.49. The third kappa shape index (κ3) is 3.47. The summed E-state index contributed by atoms with van der Waals surface area (Å²) < 4.78 is 5.06. The average molecular weight is 193 g/mol. The molecule has 0 saturated heterocycles. The van der Waals surface area contributed by atoms with Crippen LogP contribution in [0.25, 0.3) is 0 Å². The minimum atomic E-state index is -0.411. The Morgan fingerprint density at radius 2 is 2.14 bits per heavy atom. The molecule has 0 bridgehead atoms. The van der Waals surface area contributed by atoms with Crippen molar-refractivity contribution >= 4 is 6.09 Å². The lowest BCUT2D eigenvalue weighted by molar-refractivity contribution is 0.197. The van der Waals surface area contributed by atoms with Crippen molar-refractivity contribution in [3.8, 4) is 5.75 Å². The standard InChI is InChI=1S/C11H15NO2/c1-8(2)12-11(13)14-10-6-4-5-9(3)7-10/h4-8H,1-3H3,(H,12,13). The molecule has 3 heteroatoms. The molecule has 14 heavy (non-hydrogen) atoms. The van der Waals surface area contributed by atoms with Gasteiger partial charge >= 0.3 is 6.09 Å². The fourth-order valence-electron chi connectivity index (χ4n) is 1.05. The summed E-state index contributed by atoms with van der Waals surface area (Å²) in [6.45, 7) is 5.72. The van der Waals surface area contributed by atoms with E-state index >= 15 is 0 Å². The van der Waals surface area contributed by atoms with E-state index in [4.69, 9.17) is 4.74 Å². The highest BCUT2D eigenvalue weighted by Gasteiger charge is 2.04. The lowest BCUT2D eigenvalue weighted by Crippen LogP contribution is -2.32. The first kappa shape index (κ1) is 10.6. The Bertz CT molecular complexity index is 321. The maximum Gasteiger partial charge on any atom is 0.412 e. The third-order valence-electron chi connectivity index (χ3n) is 1.61. The van der Waals surface area contributed by atoms with Gasteiger partial charge in [0.15, 0.2) is 0 Å². The fourth-order valence-corrected chi connectivity index (χ4v) is 1.05. The van der Waals surface area contributed by atoms with E-state index in [0.717, 1.165) is 5.56 Å². The maximum atomic E-state index is 11.2. The van der Waals surface area contributed by atoms with Crippen LogP contribution in [0.15, 0.2) is 24.3 Å². The van der Waals surface area contributed by atoms with Crippen molar-refractivity contribution in [2.24, 2.45) is 0 Å². The highest BCUT2D eigenvalue weighted by molar-refractivity contribution is 5.70. The second kappa shape index (κ2) is 4.65. The Morgan fingerprint density at radius 3 is 2.71 bits per heavy atom. The quantitative estimate of drug-likeness (QED) is 0.783. The topological polar surface area (TPSA) is 38.3 Å². The van der Waals surface area contributed by atoms with Crippen LogP contribution < -0.4 is 10.1 Å². The van der Waals surface area contributed by atoms with E-state index in [2.05, 4.69) is 5.32 Å². The summed E-state index contributed by atoms with van der Waals surface area (Å²) in [5, 5.41) is 2.65. The molecule has 0 fully saturated rings. The fraction of sp³-hybridized carbons (Fsp3) is 0.364. The highest BCUT2D eigenvalue weighted by Crippen LogP contribution is 2.12. The van der Waals surface area contributed by atoms with Crippen LogP contribution >= 0.6 is 0 Å². The monoisotopic (exact) mass is 193 g/mol. The SMILES string of the molecule is Cc1cccc(OC(=O)NC(C)C)c1. The molecule has 3 nitrogen and oxygen atoms in total. The molecule has 1 rings (SSSR count). The van der Waals surface area contributed by atoms with Crippen molar-refractivity contribution in [2.45, 2.75) is 26.8 Å². The van der Waals surface area contributed by atoms with E-state index in [0.29, 0.717) is 5.75 Å². The van der Waals surface area contributed by atoms with Gasteiger partial charge in [0.1, 0.15) is 5.75 Å². The van der Waals surface area contributed by atoms with E-state index in [1.54, 1.807) is 6.07 Å². The molecule has 0 heterocycles. The zero-order valence-electron chi connectivity index (χ0n) is 8.70. The lowest BCUT2D eigenvalue weighted by Gasteiger charge is -2.08. The van der Waals surface area contributed by atoms with Crippen molar-refractivity contribution in [1.29, 1.82) is 0 Å². The largest absolute Gasteiger partial charge is 0.412 e. The van der Waals surface area contributed by atoms with Gasteiger partial charge < -0.3 is 10.1 Å². The summed E-state index contributed by atoms with van der Waals surface area (Å²) in [6.07, 6.45) is -0.411. The number of carbonyl (C=O) groups excluding carboxylic acids is 1. The number of aryl methyl sites for hydroxylation is 1. The summed E-state index contributed by atoms with van der Waals surface area (Å²) in [5.74, 6) is 0.572. The first-order valence-corrected chi connectivity index (χ1v) is 4.63. The van der Waals surface area contributed by atoms with Gasteiger partial charge in [-0.3, -0.25) is 0 Å². The number of rotatable bonds is 2. The molecule has 0 aliphatic rings. The molecule has 1 aromatic rings. The van der Waals surface area contributed by atoms with Gasteiger partial charge in [-0.05, 0) is 38.5 Å². The lowest BCUT2D eigenvalue weighted by atomic mass is 10.2. The van der Waals surface area contributed by atoms with Gasteiger partial charge in [0.2, 0.25) is 0 Å². The van der Waals surface area contributed by atoms with Gasteiger partial charge in [0.25, 0.3) is 0 Å². The molecule has 0 aromatic heterocycles. The molecular weight excluding hydrogens is 178 g/mol. The van der Waals surface area contributed by atoms with Gasteiger partial charge in [-0.1, -0.05) is 12.1 Å². The molecule has 0 saturated carbocycles. The van der Waals surface area contributed by atoms with E-state index in [9.17, 15) is 4.79 Å². The molecule has 1 aromatic carbocycles. The van der Waals surface area contributed by atoms with Crippen molar-refractivity contribution < 1.29 is 9.53 Å². The van der Waals surface area contributed by atoms with Crippen molar-refractivity contribution in [2.75, 3.05) is 0 Å². The van der Waals surface area contributed by atoms with Crippen LogP contribution in [0.3, 0.4) is 0 Å². The van der Waals surface area contributed by atoms with Gasteiger partial charge in [-0.25, -0.2) is 4.79 Å². The molecule has 0 unspecified atom stereocenters. The summed E-state index contributed by atoms with van der Waals surface area (Å²) in [5.41, 5.74) is 1.07. The molecule has 76 valence electrons. The summed E-state index contributed by atoms with van der Waals surface area (Å²) in [4.78, 5) is 11.2. The summed E-state index contributed by atoms with van der Waals surface area (Å²) in [6, 6.07) is 7.47. The van der Waals surface area contributed by atoms with Crippen LogP contribution in [0.4, 0.5) is 4.79 Å². The summed E-state index contributed by atoms with van der Waals surface area (Å²) >= 11 is 0. The Balaban J connectivity index is 2.56. The van der Waals surface area contributed by atoms with E-state index in [-0.39, 0.29) is 6.04 Å². The van der Waals surface area contributed by atoms with E-state index in [1.165, 1.54) is 0 Å². The first-order chi connectivity index (χ1) is 6.58. The van der Waals surface area contributed by atoms with Crippen LogP contribution in [0.5, 0.6) is 5.75 Å². The minimum absolute atomic E-state index is 0.0901. The first-order valence-electron chi connectivity index (χ1n) is 4.63. The molecule has 0 radical (unpaired) electrons. The van der Waals surface area contributed by atoms with E-state index < -0.39 is 6.09 Å². The van der Waals surface area contributed by atoms with Crippen molar-refractivity contribution in [1.82, 2.24) is 5.32 Å². The van der Waals surface area contributed by atoms with Crippen LogP contribution in [-0.2, 0) is 0 Å². The van der Waals surface area contributed by atoms with Crippen LogP contribution in [-0.4, -0.2) is 12.1 Å². The molecule has 1 amide bonds. The minimum Gasteiger partial charge on any atom is -0.410 e. The number of benzene rings is 1. The highest BCUT2D eigenvalue weighted by atomic mass is 16.6. The zero-order chi connectivity index (χ0) is 10.6. The second-order valence-electron chi connectivity index (χ2n) is 3.51. The Hall–Kier alpha value is -1.51. The average Bonchev–Trinajstić information content (AvgIpc) is 2.01. The van der Waals surface area contributed by atoms with Gasteiger partial charge in [0, 0.05) is 6.04 Å². The normalized spacial score (nSPS) is 10.0. The van der Waals surface area contributed by atoms with Crippen LogP contribution in [0.2, 0.25) is 0 Å². The molecule has 0 aliphatic carbocycles. The van der Waals surface area contributed by atoms with Gasteiger partial charge in [-0.2, -0.15) is 0 Å². The third-order valence-corrected chi connectivity index (χ3v) is 1.61. The zero-order valence-corrected chi connectivity index (χ0v) is 8.70. The molecular formula is C11H15NO2. The van der Waals surface area contributed by atoms with Gasteiger partial charge in [0.05, 0.1) is 0 Å². The number of ether oxygens (including phenoxy) is 1. The number of hydrogen-bond donors (Lipinski definition) is 1. The van der Waals surface area contributed by atoms with Gasteiger partial charge in [-0.15, -0.1) is 0 Å². The number of nitrogens with one attached hydrogen (secondary N) is 1. The van der Waals surface area contributed by atoms with E-state index in [1.807, 2.05) is 39.0 Å². The Morgan fingerprint density at radius 1 is 1.43 bits per heavy atom. The Labute approximate surface area is 84.1 Å². The number of hydrogen-bond acceptors (Lipinski definition) is 2. The Kier molecular flexibility index (Phi) is 3.51. The maximum absolute atomic E-state index is 11.2. The molecule has 0 spiro atoms. The smallest absolute Gasteiger partial charge is 0.410 e. The van der Waals surface area contributed by atoms with Crippen molar-refractivity contribution in [3.05, 3.63) is 29.8 Å². The second-order valence-corrected chi connectivity index (χ2v) is 3.51. The predicted molar refractivity (Wildman–Crippen MR) is 55.5 cm³/mol. The van der Waals surface area contributed by atoms with Crippen LogP contribution in [0, 0.1) is 6.92 Å².